The van der Waals surface area contributed by atoms with E-state index in [-0.39, 0.29) is 10.6 Å². The summed E-state index contributed by atoms with van der Waals surface area (Å²) >= 11 is 0. The van der Waals surface area contributed by atoms with Crippen LogP contribution in [0.2, 0.25) is 0 Å². The molecule has 10 heteroatoms. The van der Waals surface area contributed by atoms with Gasteiger partial charge in [0, 0.05) is 51.0 Å². The topological polar surface area (TPSA) is 78.9 Å². The summed E-state index contributed by atoms with van der Waals surface area (Å²) in [6.07, 6.45) is 2.30. The van der Waals surface area contributed by atoms with Crippen molar-refractivity contribution in [2.24, 2.45) is 0 Å². The number of ether oxygens (including phenoxy) is 1. The van der Waals surface area contributed by atoms with Crippen molar-refractivity contribution in [2.45, 2.75) is 31.6 Å². The first kappa shape index (κ1) is 21.8. The predicted molar refractivity (Wildman–Crippen MR) is 117 cm³/mol. The van der Waals surface area contributed by atoms with E-state index < -0.39 is 15.8 Å². The zero-order valence-electron chi connectivity index (χ0n) is 17.9. The quantitative estimate of drug-likeness (QED) is 0.670. The van der Waals surface area contributed by atoms with Gasteiger partial charge in [0.15, 0.2) is 11.6 Å². The maximum atomic E-state index is 14.2. The van der Waals surface area contributed by atoms with Crippen molar-refractivity contribution >= 4 is 21.8 Å². The number of hydrogen-bond donors (Lipinski definition) is 0. The van der Waals surface area contributed by atoms with Gasteiger partial charge in [0.2, 0.25) is 16.0 Å². The van der Waals surface area contributed by atoms with Gasteiger partial charge >= 0.3 is 0 Å². The number of benzene rings is 1. The van der Waals surface area contributed by atoms with Gasteiger partial charge in [0.05, 0.1) is 11.5 Å². The van der Waals surface area contributed by atoms with Gasteiger partial charge in [-0.2, -0.15) is 9.29 Å². The molecular weight excluding hydrogens is 421 g/mol. The van der Waals surface area contributed by atoms with Crippen molar-refractivity contribution in [3.8, 4) is 5.75 Å². The largest absolute Gasteiger partial charge is 0.491 e. The highest BCUT2D eigenvalue weighted by Gasteiger charge is 2.30. The molecule has 8 nitrogen and oxygen atoms in total. The lowest BCUT2D eigenvalue weighted by atomic mass is 10.3. The molecule has 0 aliphatic carbocycles. The minimum absolute atomic E-state index is 0.0548. The summed E-state index contributed by atoms with van der Waals surface area (Å²) in [6.45, 7) is 7.57. The Hall–Kier alpha value is -2.46. The minimum Gasteiger partial charge on any atom is -0.491 e. The maximum absolute atomic E-state index is 14.2. The second-order valence-corrected chi connectivity index (χ2v) is 9.72. The van der Waals surface area contributed by atoms with Crippen molar-refractivity contribution < 1.29 is 17.5 Å². The number of anilines is 2. The zero-order valence-corrected chi connectivity index (χ0v) is 18.7. The number of sulfonamides is 1. The molecule has 2 aromatic rings. The molecule has 31 heavy (non-hydrogen) atoms. The molecule has 1 aromatic carbocycles. The average molecular weight is 450 g/mol. The van der Waals surface area contributed by atoms with Crippen LogP contribution in [0.5, 0.6) is 5.75 Å². The molecule has 2 aliphatic rings. The first-order chi connectivity index (χ1) is 14.9. The zero-order chi connectivity index (χ0) is 22.0. The molecule has 0 amide bonds. The van der Waals surface area contributed by atoms with E-state index in [1.54, 1.807) is 6.92 Å². The minimum atomic E-state index is -3.78. The molecule has 2 aliphatic heterocycles. The molecular formula is C21H28FN5O3S. The molecule has 0 atom stereocenters. The smallest absolute Gasteiger partial charge is 0.243 e. The summed E-state index contributed by atoms with van der Waals surface area (Å²) in [7, 11) is -3.78. The Labute approximate surface area is 182 Å². The molecule has 2 fully saturated rings. The molecule has 3 heterocycles. The van der Waals surface area contributed by atoms with Gasteiger partial charge in [0.25, 0.3) is 0 Å². The number of nitrogens with zero attached hydrogens (tertiary/aromatic N) is 5. The predicted octanol–water partition coefficient (Wildman–Crippen LogP) is 2.43. The second kappa shape index (κ2) is 8.96. The lowest BCUT2D eigenvalue weighted by molar-refractivity contribution is 0.321. The van der Waals surface area contributed by atoms with Crippen LogP contribution in [-0.4, -0.2) is 68.6 Å². The number of aromatic nitrogens is 2. The van der Waals surface area contributed by atoms with Crippen LogP contribution in [0, 0.1) is 12.7 Å². The molecule has 1 aromatic heterocycles. The van der Waals surface area contributed by atoms with Gasteiger partial charge in [-0.1, -0.05) is 0 Å². The van der Waals surface area contributed by atoms with E-state index >= 15 is 0 Å². The first-order valence-corrected chi connectivity index (χ1v) is 12.1. The lowest BCUT2D eigenvalue weighted by Gasteiger charge is -2.35. The Morgan fingerprint density at radius 3 is 2.35 bits per heavy atom. The third-order valence-corrected chi connectivity index (χ3v) is 7.52. The van der Waals surface area contributed by atoms with Crippen LogP contribution in [0.3, 0.4) is 0 Å². The fraction of sp³-hybridized carbons (Fsp3) is 0.524. The van der Waals surface area contributed by atoms with Crippen molar-refractivity contribution in [1.29, 1.82) is 0 Å². The summed E-state index contributed by atoms with van der Waals surface area (Å²) in [5, 5.41) is 0. The van der Waals surface area contributed by atoms with E-state index in [0.717, 1.165) is 49.5 Å². The van der Waals surface area contributed by atoms with Crippen LogP contribution in [0.1, 0.15) is 25.5 Å². The van der Waals surface area contributed by atoms with E-state index in [1.807, 2.05) is 13.0 Å². The fourth-order valence-electron chi connectivity index (χ4n) is 3.98. The maximum Gasteiger partial charge on any atom is 0.243 e. The number of rotatable bonds is 6. The van der Waals surface area contributed by atoms with E-state index in [2.05, 4.69) is 14.8 Å². The van der Waals surface area contributed by atoms with Gasteiger partial charge in [-0.3, -0.25) is 0 Å². The molecule has 0 radical (unpaired) electrons. The molecule has 0 unspecified atom stereocenters. The van der Waals surface area contributed by atoms with Crippen molar-refractivity contribution in [2.75, 3.05) is 55.7 Å². The standard InChI is InChI=1S/C21H28FN5O3S/c1-3-30-19-7-6-17(15-18(19)22)31(28,29)27-12-10-25(11-13-27)20-14-16(2)23-21(24-20)26-8-4-5-9-26/h6-7,14-15H,3-5,8-13H2,1-2H3. The first-order valence-electron chi connectivity index (χ1n) is 10.7. The Bertz CT molecular complexity index is 1040. The summed E-state index contributed by atoms with van der Waals surface area (Å²) in [5.41, 5.74) is 0.895. The van der Waals surface area contributed by atoms with Crippen molar-refractivity contribution in [3.63, 3.8) is 0 Å². The monoisotopic (exact) mass is 449 g/mol. The number of halogens is 1. The van der Waals surface area contributed by atoms with E-state index in [1.165, 1.54) is 16.4 Å². The molecule has 0 N–H and O–H groups in total. The highest BCUT2D eigenvalue weighted by molar-refractivity contribution is 7.89. The van der Waals surface area contributed by atoms with Gasteiger partial charge < -0.3 is 14.5 Å². The third kappa shape index (κ3) is 4.59. The number of piperazine rings is 1. The van der Waals surface area contributed by atoms with E-state index in [4.69, 9.17) is 9.72 Å². The summed E-state index contributed by atoms with van der Waals surface area (Å²) in [6, 6.07) is 5.73. The van der Waals surface area contributed by atoms with Crippen LogP contribution >= 0.6 is 0 Å². The van der Waals surface area contributed by atoms with E-state index in [0.29, 0.717) is 32.8 Å². The molecule has 4 rings (SSSR count). The van der Waals surface area contributed by atoms with Crippen LogP contribution < -0.4 is 14.5 Å². The third-order valence-electron chi connectivity index (χ3n) is 5.62. The highest BCUT2D eigenvalue weighted by Crippen LogP contribution is 2.26. The van der Waals surface area contributed by atoms with Gasteiger partial charge in [-0.05, 0) is 44.9 Å². The molecule has 168 valence electrons. The van der Waals surface area contributed by atoms with Crippen molar-refractivity contribution in [1.82, 2.24) is 14.3 Å². The lowest BCUT2D eigenvalue weighted by Crippen LogP contribution is -2.49. The SMILES string of the molecule is CCOc1ccc(S(=O)(=O)N2CCN(c3cc(C)nc(N4CCCC4)n3)CC2)cc1F. The normalized spacial score (nSPS) is 17.9. The molecule has 0 spiro atoms. The van der Waals surface area contributed by atoms with Gasteiger partial charge in [-0.15, -0.1) is 0 Å². The average Bonchev–Trinajstić information content (AvgIpc) is 3.30. The molecule has 2 saturated heterocycles. The van der Waals surface area contributed by atoms with Crippen LogP contribution in [-0.2, 0) is 10.0 Å². The summed E-state index contributed by atoms with van der Waals surface area (Å²) < 4.78 is 46.8. The summed E-state index contributed by atoms with van der Waals surface area (Å²) in [5.74, 6) is 0.942. The van der Waals surface area contributed by atoms with Gasteiger partial charge in [-0.25, -0.2) is 17.8 Å². The van der Waals surface area contributed by atoms with E-state index in [9.17, 15) is 12.8 Å². The van der Waals surface area contributed by atoms with Crippen molar-refractivity contribution in [3.05, 3.63) is 35.8 Å². The Morgan fingerprint density at radius 1 is 1.00 bits per heavy atom. The Balaban J connectivity index is 1.46. The van der Waals surface area contributed by atoms with Gasteiger partial charge in [0.1, 0.15) is 5.82 Å². The Kier molecular flexibility index (Phi) is 6.29. The summed E-state index contributed by atoms with van der Waals surface area (Å²) in [4.78, 5) is 13.5. The second-order valence-electron chi connectivity index (χ2n) is 7.78. The fourth-order valence-corrected chi connectivity index (χ4v) is 5.41. The van der Waals surface area contributed by atoms with Crippen LogP contribution in [0.15, 0.2) is 29.2 Å². The number of aryl methyl sites for hydroxylation is 1. The highest BCUT2D eigenvalue weighted by atomic mass is 32.2. The number of hydrogen-bond acceptors (Lipinski definition) is 7. The van der Waals surface area contributed by atoms with Crippen LogP contribution in [0.4, 0.5) is 16.2 Å². The van der Waals surface area contributed by atoms with Crippen LogP contribution in [0.25, 0.3) is 0 Å². The molecule has 0 saturated carbocycles. The Morgan fingerprint density at radius 2 is 1.71 bits per heavy atom. The molecule has 0 bridgehead atoms.